The number of anilines is 1. The smallest absolute Gasteiger partial charge is 0.222 e. The number of fused-ring (bicyclic) bond motifs is 2. The lowest BCUT2D eigenvalue weighted by atomic mass is 10.2. The second-order valence-electron chi connectivity index (χ2n) is 5.58. The molecule has 0 amide bonds. The zero-order valence-electron chi connectivity index (χ0n) is 13.8. The van der Waals surface area contributed by atoms with Gasteiger partial charge in [0.05, 0.1) is 5.69 Å². The summed E-state index contributed by atoms with van der Waals surface area (Å²) in [6.07, 6.45) is 0. The predicted molar refractivity (Wildman–Crippen MR) is 105 cm³/mol. The number of hydrogen-bond donors (Lipinski definition) is 0. The van der Waals surface area contributed by atoms with Crippen LogP contribution in [0.25, 0.3) is 15.4 Å². The second-order valence-corrected chi connectivity index (χ2v) is 7.41. The summed E-state index contributed by atoms with van der Waals surface area (Å²) in [6.45, 7) is 0. The van der Waals surface area contributed by atoms with Crippen molar-refractivity contribution in [3.05, 3.63) is 71.4 Å². The van der Waals surface area contributed by atoms with Gasteiger partial charge in [-0.25, -0.2) is 0 Å². The lowest BCUT2D eigenvalue weighted by Gasteiger charge is -2.15. The van der Waals surface area contributed by atoms with Crippen molar-refractivity contribution in [2.24, 2.45) is 7.05 Å². The van der Waals surface area contributed by atoms with Gasteiger partial charge in [0.15, 0.2) is 0 Å². The highest BCUT2D eigenvalue weighted by atomic mass is 127. The normalized spacial score (nSPS) is 14.6. The molecule has 0 aliphatic carbocycles. The SMILES string of the molecule is CN1/C(=C(/Br)c2ccc3ccccc3[n+]2C)Sc2ccccc21.O.[I-]. The highest BCUT2D eigenvalue weighted by molar-refractivity contribution is 9.15. The molecule has 0 unspecified atom stereocenters. The predicted octanol–water partition coefficient (Wildman–Crippen LogP) is 1.11. The molecular formula is C19H18BrIN2OS. The fraction of sp³-hybridized carbons (Fsp3) is 0.105. The Bertz CT molecular complexity index is 961. The number of benzene rings is 2. The largest absolute Gasteiger partial charge is 1.00 e. The summed E-state index contributed by atoms with van der Waals surface area (Å²) in [4.78, 5) is 3.55. The van der Waals surface area contributed by atoms with Crippen LogP contribution in [0.5, 0.6) is 0 Å². The van der Waals surface area contributed by atoms with Gasteiger partial charge in [0.25, 0.3) is 0 Å². The Balaban J connectivity index is 0.00000113. The van der Waals surface area contributed by atoms with E-state index >= 15 is 0 Å². The van der Waals surface area contributed by atoms with Crippen LogP contribution < -0.4 is 33.4 Å². The summed E-state index contributed by atoms with van der Waals surface area (Å²) < 4.78 is 3.36. The third-order valence-electron chi connectivity index (χ3n) is 4.23. The fourth-order valence-electron chi connectivity index (χ4n) is 2.97. The van der Waals surface area contributed by atoms with Gasteiger partial charge in [-0.1, -0.05) is 36.0 Å². The molecule has 0 spiro atoms. The van der Waals surface area contributed by atoms with Crippen LogP contribution in [-0.4, -0.2) is 12.5 Å². The number of thioether (sulfide) groups is 1. The van der Waals surface area contributed by atoms with Gasteiger partial charge in [-0.05, 0) is 40.2 Å². The van der Waals surface area contributed by atoms with E-state index < -0.39 is 0 Å². The average molecular weight is 529 g/mol. The van der Waals surface area contributed by atoms with E-state index in [2.05, 4.69) is 100 Å². The van der Waals surface area contributed by atoms with E-state index in [1.807, 2.05) is 0 Å². The van der Waals surface area contributed by atoms with Crippen molar-refractivity contribution >= 4 is 48.8 Å². The molecule has 4 rings (SSSR count). The van der Waals surface area contributed by atoms with E-state index in [0.29, 0.717) is 0 Å². The monoisotopic (exact) mass is 528 g/mol. The molecule has 0 fully saturated rings. The Morgan fingerprint density at radius 1 is 1.00 bits per heavy atom. The molecular weight excluding hydrogens is 511 g/mol. The maximum atomic E-state index is 3.85. The van der Waals surface area contributed by atoms with Crippen LogP contribution in [0, 0.1) is 0 Å². The van der Waals surface area contributed by atoms with Gasteiger partial charge in [0.2, 0.25) is 11.2 Å². The van der Waals surface area contributed by atoms with Crippen molar-refractivity contribution in [3.8, 4) is 0 Å². The molecule has 25 heavy (non-hydrogen) atoms. The van der Waals surface area contributed by atoms with Crippen molar-refractivity contribution in [2.75, 3.05) is 11.9 Å². The zero-order valence-corrected chi connectivity index (χ0v) is 18.4. The van der Waals surface area contributed by atoms with E-state index in [1.165, 1.54) is 32.2 Å². The van der Waals surface area contributed by atoms with Crippen molar-refractivity contribution in [1.82, 2.24) is 0 Å². The van der Waals surface area contributed by atoms with Crippen LogP contribution in [-0.2, 0) is 7.05 Å². The Morgan fingerprint density at radius 2 is 1.68 bits per heavy atom. The first-order valence-corrected chi connectivity index (χ1v) is 9.06. The van der Waals surface area contributed by atoms with Crippen LogP contribution >= 0.6 is 27.7 Å². The van der Waals surface area contributed by atoms with Crippen LogP contribution in [0.1, 0.15) is 5.69 Å². The molecule has 0 saturated carbocycles. The second kappa shape index (κ2) is 8.07. The molecule has 2 N–H and O–H groups in total. The van der Waals surface area contributed by atoms with E-state index in [9.17, 15) is 0 Å². The lowest BCUT2D eigenvalue weighted by molar-refractivity contribution is -0.646. The van der Waals surface area contributed by atoms with Crippen LogP contribution in [0.15, 0.2) is 70.6 Å². The molecule has 3 nitrogen and oxygen atoms in total. The minimum absolute atomic E-state index is 0. The van der Waals surface area contributed by atoms with Crippen LogP contribution in [0.2, 0.25) is 0 Å². The lowest BCUT2D eigenvalue weighted by Crippen LogP contribution is -3.00. The van der Waals surface area contributed by atoms with Gasteiger partial charge in [-0.3, -0.25) is 0 Å². The number of para-hydroxylation sites is 2. The average Bonchev–Trinajstić information content (AvgIpc) is 2.92. The van der Waals surface area contributed by atoms with E-state index in [-0.39, 0.29) is 29.5 Å². The molecule has 2 aromatic carbocycles. The minimum Gasteiger partial charge on any atom is -1.00 e. The molecule has 0 saturated heterocycles. The molecule has 0 atom stereocenters. The Labute approximate surface area is 177 Å². The van der Waals surface area contributed by atoms with Gasteiger partial charge in [0, 0.05) is 29.5 Å². The summed E-state index contributed by atoms with van der Waals surface area (Å²) >= 11 is 5.65. The summed E-state index contributed by atoms with van der Waals surface area (Å²) in [5, 5.41) is 2.47. The van der Waals surface area contributed by atoms with Crippen molar-refractivity contribution in [3.63, 3.8) is 0 Å². The first-order valence-electron chi connectivity index (χ1n) is 7.45. The number of aromatic nitrogens is 1. The molecule has 1 aromatic heterocycles. The molecule has 1 aliphatic heterocycles. The summed E-state index contributed by atoms with van der Waals surface area (Å²) in [5.74, 6) is 0. The molecule has 0 radical (unpaired) electrons. The quantitative estimate of drug-likeness (QED) is 0.350. The maximum absolute atomic E-state index is 3.85. The van der Waals surface area contributed by atoms with Crippen molar-refractivity contribution in [1.29, 1.82) is 0 Å². The molecule has 0 bridgehead atoms. The summed E-state index contributed by atoms with van der Waals surface area (Å²) in [6, 6.07) is 21.3. The van der Waals surface area contributed by atoms with Gasteiger partial charge < -0.3 is 34.4 Å². The first kappa shape index (κ1) is 20.2. The number of halogens is 2. The Kier molecular flexibility index (Phi) is 6.53. The highest BCUT2D eigenvalue weighted by Crippen LogP contribution is 2.48. The fourth-order valence-corrected chi connectivity index (χ4v) is 4.97. The number of rotatable bonds is 1. The van der Waals surface area contributed by atoms with Gasteiger partial charge >= 0.3 is 0 Å². The zero-order chi connectivity index (χ0) is 16.0. The molecule has 130 valence electrons. The molecule has 2 heterocycles. The summed E-state index contributed by atoms with van der Waals surface area (Å²) in [5.41, 5.74) is 3.66. The Hall–Kier alpha value is -1.09. The van der Waals surface area contributed by atoms with Crippen molar-refractivity contribution in [2.45, 2.75) is 4.90 Å². The Morgan fingerprint density at radius 3 is 2.44 bits per heavy atom. The van der Waals surface area contributed by atoms with E-state index in [1.54, 1.807) is 11.8 Å². The molecule has 6 heteroatoms. The maximum Gasteiger partial charge on any atom is 0.222 e. The highest BCUT2D eigenvalue weighted by Gasteiger charge is 2.27. The number of hydrogen-bond acceptors (Lipinski definition) is 2. The first-order chi connectivity index (χ1) is 11.2. The summed E-state index contributed by atoms with van der Waals surface area (Å²) in [7, 11) is 4.24. The minimum atomic E-state index is 0. The van der Waals surface area contributed by atoms with Gasteiger partial charge in [-0.15, -0.1) is 0 Å². The van der Waals surface area contributed by atoms with Gasteiger partial charge in [-0.2, -0.15) is 4.57 Å². The third kappa shape index (κ3) is 3.45. The molecule has 3 aromatic rings. The topological polar surface area (TPSA) is 38.6 Å². The number of pyridine rings is 1. The van der Waals surface area contributed by atoms with E-state index in [0.717, 1.165) is 4.48 Å². The van der Waals surface area contributed by atoms with Crippen LogP contribution in [0.4, 0.5) is 5.69 Å². The van der Waals surface area contributed by atoms with E-state index in [4.69, 9.17) is 0 Å². The number of nitrogens with zero attached hydrogens (tertiary/aromatic N) is 2. The van der Waals surface area contributed by atoms with Crippen molar-refractivity contribution < 1.29 is 34.0 Å². The number of aryl methyl sites for hydroxylation is 1. The molecule has 1 aliphatic rings. The van der Waals surface area contributed by atoms with Crippen LogP contribution in [0.3, 0.4) is 0 Å². The van der Waals surface area contributed by atoms with Gasteiger partial charge in [0.1, 0.15) is 16.6 Å². The standard InChI is InChI=1S/C19H16BrN2S.HI.H2O/c1-21-14-8-4-3-7-13(14)11-12-16(21)18(20)19-22(2)15-9-5-6-10-17(15)23-19;;/h3-12H,1-2H3;1H;1H2/q+1;;/p-1. The third-order valence-corrected chi connectivity index (χ3v) is 6.51.